The first kappa shape index (κ1) is 25.1. The molecule has 1 unspecified atom stereocenters. The number of hydroxylamine groups is 2. The number of imide groups is 1. The maximum Gasteiger partial charge on any atom is 0.363 e. The molecule has 0 spiro atoms. The topological polar surface area (TPSA) is 113 Å². The van der Waals surface area contributed by atoms with Crippen LogP contribution < -0.4 is 4.74 Å². The molecule has 36 heavy (non-hydrogen) atoms. The Kier molecular flexibility index (Phi) is 7.77. The van der Waals surface area contributed by atoms with Crippen LogP contribution in [0.2, 0.25) is 0 Å². The maximum atomic E-state index is 12.5. The Morgan fingerprint density at radius 1 is 0.889 bits per heavy atom. The third kappa shape index (κ3) is 5.62. The zero-order valence-electron chi connectivity index (χ0n) is 19.6. The van der Waals surface area contributed by atoms with Crippen molar-refractivity contribution in [3.8, 4) is 5.75 Å². The molecule has 0 aliphatic carbocycles. The fourth-order valence-corrected chi connectivity index (χ4v) is 4.11. The van der Waals surface area contributed by atoms with Crippen LogP contribution in [-0.4, -0.2) is 46.3 Å². The van der Waals surface area contributed by atoms with Crippen LogP contribution in [0.4, 0.5) is 0 Å². The van der Waals surface area contributed by atoms with E-state index in [0.717, 1.165) is 5.56 Å². The molecule has 0 bridgehead atoms. The van der Waals surface area contributed by atoms with Gasteiger partial charge >= 0.3 is 5.97 Å². The second-order valence-corrected chi connectivity index (χ2v) is 8.48. The highest BCUT2D eigenvalue weighted by atomic mass is 16.7. The second kappa shape index (κ2) is 11.2. The van der Waals surface area contributed by atoms with Crippen molar-refractivity contribution in [1.82, 2.24) is 5.06 Å². The number of aliphatic hydroxyl groups is 2. The van der Waals surface area contributed by atoms with Gasteiger partial charge in [0, 0.05) is 12.8 Å². The third-order valence-electron chi connectivity index (χ3n) is 6.07. The van der Waals surface area contributed by atoms with Crippen molar-refractivity contribution in [2.45, 2.75) is 31.3 Å². The summed E-state index contributed by atoms with van der Waals surface area (Å²) in [6.07, 6.45) is 0.963. The van der Waals surface area contributed by atoms with Gasteiger partial charge in [0.25, 0.3) is 11.8 Å². The molecule has 1 aliphatic heterocycles. The van der Waals surface area contributed by atoms with Gasteiger partial charge in [-0.05, 0) is 53.8 Å². The summed E-state index contributed by atoms with van der Waals surface area (Å²) in [5.74, 6) is -1.43. The van der Waals surface area contributed by atoms with E-state index in [9.17, 15) is 19.5 Å². The third-order valence-corrected chi connectivity index (χ3v) is 6.07. The SMILES string of the molecule is O=C(ON1C(=O)CCC1=O)c1ccc(C(O)(CCc2ccccc2)c2cccc(OCCO)c2)cc1. The van der Waals surface area contributed by atoms with E-state index in [0.29, 0.717) is 34.8 Å². The van der Waals surface area contributed by atoms with Crippen LogP contribution in [-0.2, 0) is 26.4 Å². The summed E-state index contributed by atoms with van der Waals surface area (Å²) in [5, 5.41) is 21.6. The standard InChI is InChI=1S/C28H27NO7/c30-17-18-35-24-8-4-7-23(19-24)28(34,16-15-20-5-2-1-3-6-20)22-11-9-21(10-12-22)27(33)36-29-25(31)13-14-26(29)32/h1-12,19,30,34H,13-18H2. The Hall–Kier alpha value is -4.01. The zero-order chi connectivity index (χ0) is 25.5. The van der Waals surface area contributed by atoms with E-state index in [1.54, 1.807) is 36.4 Å². The number of carbonyl (C=O) groups is 3. The highest BCUT2D eigenvalue weighted by Gasteiger charge is 2.34. The van der Waals surface area contributed by atoms with Crippen LogP contribution in [0.5, 0.6) is 5.75 Å². The smallest absolute Gasteiger partial charge is 0.363 e. The molecule has 0 radical (unpaired) electrons. The molecule has 1 heterocycles. The normalized spacial score (nSPS) is 15.0. The van der Waals surface area contributed by atoms with E-state index in [2.05, 4.69) is 0 Å². The number of aliphatic hydroxyl groups excluding tert-OH is 1. The van der Waals surface area contributed by atoms with Crippen LogP contribution in [0.3, 0.4) is 0 Å². The largest absolute Gasteiger partial charge is 0.491 e. The van der Waals surface area contributed by atoms with Crippen LogP contribution >= 0.6 is 0 Å². The molecule has 1 fully saturated rings. The van der Waals surface area contributed by atoms with Crippen LogP contribution in [0.15, 0.2) is 78.9 Å². The predicted octanol–water partition coefficient (Wildman–Crippen LogP) is 3.15. The minimum absolute atomic E-state index is 0.0145. The fourth-order valence-electron chi connectivity index (χ4n) is 4.11. The average Bonchev–Trinajstić information content (AvgIpc) is 3.23. The van der Waals surface area contributed by atoms with Gasteiger partial charge in [-0.3, -0.25) is 9.59 Å². The lowest BCUT2D eigenvalue weighted by molar-refractivity contribution is -0.172. The monoisotopic (exact) mass is 489 g/mol. The number of hydrogen-bond donors (Lipinski definition) is 2. The Morgan fingerprint density at radius 2 is 1.58 bits per heavy atom. The molecule has 2 N–H and O–H groups in total. The summed E-state index contributed by atoms with van der Waals surface area (Å²) in [5.41, 5.74) is 0.915. The fraction of sp³-hybridized carbons (Fsp3) is 0.250. The first-order valence-corrected chi connectivity index (χ1v) is 11.7. The van der Waals surface area contributed by atoms with Gasteiger partial charge in [-0.1, -0.05) is 54.6 Å². The lowest BCUT2D eigenvalue weighted by atomic mass is 9.81. The molecule has 1 aliphatic rings. The summed E-state index contributed by atoms with van der Waals surface area (Å²) >= 11 is 0. The maximum absolute atomic E-state index is 12.5. The lowest BCUT2D eigenvalue weighted by Crippen LogP contribution is -2.32. The molecule has 1 atom stereocenters. The van der Waals surface area contributed by atoms with Crippen molar-refractivity contribution in [2.24, 2.45) is 0 Å². The number of aryl methyl sites for hydroxylation is 1. The number of nitrogens with zero attached hydrogens (tertiary/aromatic N) is 1. The van der Waals surface area contributed by atoms with Gasteiger partial charge < -0.3 is 19.8 Å². The Morgan fingerprint density at radius 3 is 2.25 bits per heavy atom. The average molecular weight is 490 g/mol. The number of ether oxygens (including phenoxy) is 1. The van der Waals surface area contributed by atoms with Crippen molar-refractivity contribution in [2.75, 3.05) is 13.2 Å². The first-order chi connectivity index (χ1) is 17.4. The van der Waals surface area contributed by atoms with Gasteiger partial charge in [-0.2, -0.15) is 0 Å². The van der Waals surface area contributed by atoms with Gasteiger partial charge in [-0.25, -0.2) is 4.79 Å². The van der Waals surface area contributed by atoms with E-state index in [4.69, 9.17) is 14.7 Å². The molecule has 0 aromatic heterocycles. The van der Waals surface area contributed by atoms with Crippen LogP contribution in [0, 0.1) is 0 Å². The highest BCUT2D eigenvalue weighted by molar-refractivity contribution is 6.02. The summed E-state index contributed by atoms with van der Waals surface area (Å²) in [7, 11) is 0. The molecule has 0 saturated carbocycles. The van der Waals surface area contributed by atoms with Crippen LogP contribution in [0.1, 0.15) is 46.3 Å². The van der Waals surface area contributed by atoms with Crippen molar-refractivity contribution in [3.05, 3.63) is 101 Å². The minimum Gasteiger partial charge on any atom is -0.491 e. The van der Waals surface area contributed by atoms with Crippen molar-refractivity contribution in [1.29, 1.82) is 0 Å². The molecule has 3 aromatic carbocycles. The molecular formula is C28H27NO7. The lowest BCUT2D eigenvalue weighted by Gasteiger charge is -2.30. The van der Waals surface area contributed by atoms with Gasteiger partial charge in [0.05, 0.1) is 12.2 Å². The number of benzene rings is 3. The van der Waals surface area contributed by atoms with E-state index in [1.165, 1.54) is 12.1 Å². The molecule has 186 valence electrons. The number of hydrogen-bond acceptors (Lipinski definition) is 7. The number of carbonyl (C=O) groups excluding carboxylic acids is 3. The quantitative estimate of drug-likeness (QED) is 0.421. The van der Waals surface area contributed by atoms with Gasteiger partial charge in [0.15, 0.2) is 0 Å². The molecule has 8 nitrogen and oxygen atoms in total. The summed E-state index contributed by atoms with van der Waals surface area (Å²) in [6, 6.07) is 23.0. The van der Waals surface area contributed by atoms with E-state index in [-0.39, 0.29) is 31.6 Å². The van der Waals surface area contributed by atoms with Gasteiger partial charge in [0.2, 0.25) is 0 Å². The first-order valence-electron chi connectivity index (χ1n) is 11.7. The van der Waals surface area contributed by atoms with E-state index < -0.39 is 23.4 Å². The predicted molar refractivity (Wildman–Crippen MR) is 130 cm³/mol. The molecule has 2 amide bonds. The Bertz CT molecular complexity index is 1210. The van der Waals surface area contributed by atoms with Crippen LogP contribution in [0.25, 0.3) is 0 Å². The molecule has 1 saturated heterocycles. The molecule has 3 aromatic rings. The number of amides is 2. The van der Waals surface area contributed by atoms with E-state index >= 15 is 0 Å². The number of rotatable bonds is 10. The molecular weight excluding hydrogens is 462 g/mol. The minimum atomic E-state index is -1.42. The Labute approximate surface area is 208 Å². The summed E-state index contributed by atoms with van der Waals surface area (Å²) in [4.78, 5) is 41.0. The zero-order valence-corrected chi connectivity index (χ0v) is 19.6. The summed E-state index contributed by atoms with van der Waals surface area (Å²) < 4.78 is 5.54. The molecule has 4 rings (SSSR count). The Balaban J connectivity index is 1.60. The van der Waals surface area contributed by atoms with Gasteiger partial charge in [-0.15, -0.1) is 5.06 Å². The van der Waals surface area contributed by atoms with Crippen molar-refractivity contribution >= 4 is 17.8 Å². The van der Waals surface area contributed by atoms with E-state index in [1.807, 2.05) is 30.3 Å². The second-order valence-electron chi connectivity index (χ2n) is 8.48. The molecule has 8 heteroatoms. The summed E-state index contributed by atoms with van der Waals surface area (Å²) in [6.45, 7) is -0.000579. The van der Waals surface area contributed by atoms with Crippen molar-refractivity contribution in [3.63, 3.8) is 0 Å². The van der Waals surface area contributed by atoms with Gasteiger partial charge in [0.1, 0.15) is 18.0 Å². The van der Waals surface area contributed by atoms with Crippen molar-refractivity contribution < 1.29 is 34.2 Å². The highest BCUT2D eigenvalue weighted by Crippen LogP contribution is 2.36.